The van der Waals surface area contributed by atoms with Gasteiger partial charge in [0.2, 0.25) is 0 Å². The van der Waals surface area contributed by atoms with Gasteiger partial charge in [-0.2, -0.15) is 0 Å². The van der Waals surface area contributed by atoms with Crippen molar-refractivity contribution in [2.75, 3.05) is 13.7 Å². The van der Waals surface area contributed by atoms with Crippen molar-refractivity contribution >= 4 is 39.8 Å². The zero-order valence-electron chi connectivity index (χ0n) is 18.0. The second kappa shape index (κ2) is 9.63. The lowest BCUT2D eigenvalue weighted by atomic mass is 10.0. The molecule has 164 valence electrons. The first kappa shape index (κ1) is 22.2. The minimum absolute atomic E-state index is 0.337. The zero-order chi connectivity index (χ0) is 22.7. The first-order valence-corrected chi connectivity index (χ1v) is 11.9. The molecule has 0 bridgehead atoms. The fourth-order valence-corrected chi connectivity index (χ4v) is 5.72. The number of thiazole rings is 1. The molecule has 1 N–H and O–H groups in total. The monoisotopic (exact) mass is 465 g/mol. The number of aliphatic carboxylic acids is 1. The van der Waals surface area contributed by atoms with Crippen LogP contribution in [0.1, 0.15) is 16.1 Å². The lowest BCUT2D eigenvalue weighted by Crippen LogP contribution is -2.09. The molecule has 7 heteroatoms. The van der Waals surface area contributed by atoms with Crippen LogP contribution >= 0.6 is 23.1 Å². The molecule has 0 radical (unpaired) electrons. The first-order valence-electron chi connectivity index (χ1n) is 10.1. The van der Waals surface area contributed by atoms with Gasteiger partial charge in [-0.25, -0.2) is 9.78 Å². The summed E-state index contributed by atoms with van der Waals surface area (Å²) in [7, 11) is 1.69. The van der Waals surface area contributed by atoms with Gasteiger partial charge in [0.25, 0.3) is 0 Å². The summed E-state index contributed by atoms with van der Waals surface area (Å²) in [4.78, 5) is 17.9. The van der Waals surface area contributed by atoms with Crippen molar-refractivity contribution in [3.05, 3.63) is 70.7 Å². The number of benzene rings is 3. The smallest absolute Gasteiger partial charge is 0.341 e. The maximum Gasteiger partial charge on any atom is 0.341 e. The Labute approximate surface area is 195 Å². The summed E-state index contributed by atoms with van der Waals surface area (Å²) in [5, 5.41) is 12.0. The quantitative estimate of drug-likeness (QED) is 0.306. The highest BCUT2D eigenvalue weighted by Crippen LogP contribution is 2.38. The van der Waals surface area contributed by atoms with Gasteiger partial charge in [-0.1, -0.05) is 24.3 Å². The number of methoxy groups -OCH3 is 1. The number of carbonyl (C=O) groups is 1. The SMILES string of the molecule is COc1ccc(-c2nc(C)c(CSc3ccc(OCC(=O)O)c(C)c3)s2)c2ccccc12. The summed E-state index contributed by atoms with van der Waals surface area (Å²) < 4.78 is 10.8. The van der Waals surface area contributed by atoms with Crippen molar-refractivity contribution < 1.29 is 19.4 Å². The lowest BCUT2D eigenvalue weighted by Gasteiger charge is -2.09. The fourth-order valence-electron chi connectivity index (χ4n) is 3.48. The Hall–Kier alpha value is -3.03. The molecule has 0 spiro atoms. The maximum absolute atomic E-state index is 10.7. The van der Waals surface area contributed by atoms with Gasteiger partial charge in [-0.15, -0.1) is 23.1 Å². The second-order valence-electron chi connectivity index (χ2n) is 7.29. The normalized spacial score (nSPS) is 11.0. The molecule has 3 aromatic carbocycles. The number of thioether (sulfide) groups is 1. The van der Waals surface area contributed by atoms with Gasteiger partial charge in [0.15, 0.2) is 6.61 Å². The highest BCUT2D eigenvalue weighted by Gasteiger charge is 2.14. The van der Waals surface area contributed by atoms with Gasteiger partial charge in [-0.05, 0) is 55.1 Å². The van der Waals surface area contributed by atoms with E-state index in [4.69, 9.17) is 19.6 Å². The summed E-state index contributed by atoms with van der Waals surface area (Å²) in [5.41, 5.74) is 3.07. The summed E-state index contributed by atoms with van der Waals surface area (Å²) in [5.74, 6) is 1.29. The highest BCUT2D eigenvalue weighted by atomic mass is 32.2. The van der Waals surface area contributed by atoms with Crippen LogP contribution in [0, 0.1) is 13.8 Å². The number of rotatable bonds is 8. The molecular formula is C25H23NO4S2. The average Bonchev–Trinajstić information content (AvgIpc) is 3.16. The largest absolute Gasteiger partial charge is 0.496 e. The number of hydrogen-bond donors (Lipinski definition) is 1. The van der Waals surface area contributed by atoms with Crippen molar-refractivity contribution in [3.8, 4) is 22.1 Å². The number of carboxylic acids is 1. The summed E-state index contributed by atoms with van der Waals surface area (Å²) in [6.07, 6.45) is 0. The topological polar surface area (TPSA) is 68.7 Å². The third kappa shape index (κ3) is 4.74. The van der Waals surface area contributed by atoms with Crippen molar-refractivity contribution in [2.45, 2.75) is 24.5 Å². The van der Waals surface area contributed by atoms with Crippen LogP contribution in [-0.4, -0.2) is 29.8 Å². The molecule has 1 heterocycles. The maximum atomic E-state index is 10.7. The predicted octanol–water partition coefficient (Wildman–Crippen LogP) is 6.34. The van der Waals surface area contributed by atoms with Crippen LogP contribution in [0.3, 0.4) is 0 Å². The first-order chi connectivity index (χ1) is 15.5. The van der Waals surface area contributed by atoms with Crippen LogP contribution in [0.5, 0.6) is 11.5 Å². The molecule has 0 unspecified atom stereocenters. The minimum atomic E-state index is -0.982. The number of hydrogen-bond acceptors (Lipinski definition) is 6. The summed E-state index contributed by atoms with van der Waals surface area (Å²) in [6, 6.07) is 18.1. The Morgan fingerprint density at radius 1 is 1.06 bits per heavy atom. The van der Waals surface area contributed by atoms with Crippen LogP contribution in [0.4, 0.5) is 0 Å². The Morgan fingerprint density at radius 3 is 2.53 bits per heavy atom. The van der Waals surface area contributed by atoms with Gasteiger partial charge in [0, 0.05) is 26.5 Å². The van der Waals surface area contributed by atoms with E-state index in [9.17, 15) is 4.79 Å². The van der Waals surface area contributed by atoms with Gasteiger partial charge in [-0.3, -0.25) is 0 Å². The molecule has 0 aliphatic heterocycles. The molecular weight excluding hydrogens is 442 g/mol. The molecule has 0 amide bonds. The van der Waals surface area contributed by atoms with E-state index in [-0.39, 0.29) is 6.61 Å². The molecule has 4 aromatic rings. The zero-order valence-corrected chi connectivity index (χ0v) is 19.7. The molecule has 0 atom stereocenters. The molecule has 5 nitrogen and oxygen atoms in total. The number of nitrogens with zero attached hydrogens (tertiary/aromatic N) is 1. The van der Waals surface area contributed by atoms with Crippen LogP contribution in [-0.2, 0) is 10.5 Å². The molecule has 0 fully saturated rings. The van der Waals surface area contributed by atoms with Gasteiger partial charge >= 0.3 is 5.97 Å². The van der Waals surface area contributed by atoms with Gasteiger partial charge in [0.05, 0.1) is 12.8 Å². The molecule has 0 aliphatic carbocycles. The van der Waals surface area contributed by atoms with Crippen LogP contribution < -0.4 is 9.47 Å². The minimum Gasteiger partial charge on any atom is -0.496 e. The van der Waals surface area contributed by atoms with Crippen LogP contribution in [0.25, 0.3) is 21.3 Å². The van der Waals surface area contributed by atoms with Crippen LogP contribution in [0.2, 0.25) is 0 Å². The van der Waals surface area contributed by atoms with Crippen molar-refractivity contribution in [1.82, 2.24) is 4.98 Å². The van der Waals surface area contributed by atoms with E-state index in [1.165, 1.54) is 4.88 Å². The Morgan fingerprint density at radius 2 is 1.81 bits per heavy atom. The second-order valence-corrected chi connectivity index (χ2v) is 9.42. The third-order valence-electron chi connectivity index (χ3n) is 5.09. The molecule has 0 aliphatic rings. The van der Waals surface area contributed by atoms with E-state index >= 15 is 0 Å². The standard InChI is InChI=1S/C25H23NO4S2/c1-15-12-17(8-10-21(15)30-13-24(27)28)31-14-23-16(2)26-25(32-23)20-9-11-22(29-3)19-7-5-4-6-18(19)20/h4-12H,13-14H2,1-3H3,(H,27,28). The lowest BCUT2D eigenvalue weighted by molar-refractivity contribution is -0.139. The third-order valence-corrected chi connectivity index (χ3v) is 7.49. The van der Waals surface area contributed by atoms with E-state index < -0.39 is 5.97 Å². The molecule has 32 heavy (non-hydrogen) atoms. The van der Waals surface area contributed by atoms with Gasteiger partial charge in [0.1, 0.15) is 16.5 Å². The predicted molar refractivity (Wildman–Crippen MR) is 130 cm³/mol. The van der Waals surface area contributed by atoms with Gasteiger partial charge < -0.3 is 14.6 Å². The fraction of sp³-hybridized carbons (Fsp3) is 0.200. The van der Waals surface area contributed by atoms with E-state index in [0.29, 0.717) is 5.75 Å². The number of fused-ring (bicyclic) bond motifs is 1. The van der Waals surface area contributed by atoms with Crippen molar-refractivity contribution in [2.24, 2.45) is 0 Å². The summed E-state index contributed by atoms with van der Waals surface area (Å²) in [6.45, 7) is 3.64. The molecule has 1 aromatic heterocycles. The molecule has 0 saturated heterocycles. The van der Waals surface area contributed by atoms with E-state index in [1.54, 1.807) is 30.2 Å². The Balaban J connectivity index is 1.54. The van der Waals surface area contributed by atoms with E-state index in [1.807, 2.05) is 43.3 Å². The summed E-state index contributed by atoms with van der Waals surface area (Å²) >= 11 is 3.45. The number of ether oxygens (including phenoxy) is 2. The Kier molecular flexibility index (Phi) is 6.67. The van der Waals surface area contributed by atoms with Crippen LogP contribution in [0.15, 0.2) is 59.5 Å². The molecule has 4 rings (SSSR count). The Bertz CT molecular complexity index is 1280. The van der Waals surface area contributed by atoms with Crippen molar-refractivity contribution in [1.29, 1.82) is 0 Å². The average molecular weight is 466 g/mol. The van der Waals surface area contributed by atoms with Crippen molar-refractivity contribution in [3.63, 3.8) is 0 Å². The van der Waals surface area contributed by atoms with E-state index in [2.05, 4.69) is 25.1 Å². The molecule has 0 saturated carbocycles. The van der Waals surface area contributed by atoms with E-state index in [0.717, 1.165) is 49.0 Å². The number of aromatic nitrogens is 1. The number of aryl methyl sites for hydroxylation is 2. The highest BCUT2D eigenvalue weighted by molar-refractivity contribution is 7.98. The number of carboxylic acid groups (broad SMARTS) is 1.